The van der Waals surface area contributed by atoms with Crippen molar-refractivity contribution in [3.05, 3.63) is 53.8 Å². The summed E-state index contributed by atoms with van der Waals surface area (Å²) in [6.45, 7) is 0. The van der Waals surface area contributed by atoms with Gasteiger partial charge in [0.25, 0.3) is 0 Å². The number of carbonyl (C=O) groups is 1. The number of H-pyrrole nitrogens is 1. The highest BCUT2D eigenvalue weighted by Gasteiger charge is 2.10. The molecule has 0 saturated carbocycles. The number of aromatic carboxylic acids is 1. The molecule has 0 aliphatic carbocycles. The molecule has 2 heterocycles. The van der Waals surface area contributed by atoms with Crippen LogP contribution in [0.15, 0.2) is 41.1 Å². The fraction of sp³-hybridized carbons (Fsp3) is 0.0769. The van der Waals surface area contributed by atoms with Crippen molar-refractivity contribution in [3.63, 3.8) is 0 Å². The molecule has 5 heteroatoms. The van der Waals surface area contributed by atoms with Gasteiger partial charge in [0.1, 0.15) is 11.4 Å². The summed E-state index contributed by atoms with van der Waals surface area (Å²) >= 11 is 0. The predicted molar refractivity (Wildman–Crippen MR) is 64.6 cm³/mol. The fourth-order valence-electron chi connectivity index (χ4n) is 1.90. The number of nitrogens with one attached hydrogen (secondary N) is 1. The molecule has 18 heavy (non-hydrogen) atoms. The number of hydrogen-bond donors (Lipinski definition) is 2. The van der Waals surface area contributed by atoms with E-state index in [1.54, 1.807) is 18.5 Å². The van der Waals surface area contributed by atoms with E-state index < -0.39 is 5.97 Å². The predicted octanol–water partition coefficient (Wildman–Crippen LogP) is 2.44. The van der Waals surface area contributed by atoms with Gasteiger partial charge in [-0.25, -0.2) is 9.78 Å². The Morgan fingerprint density at radius 2 is 2.28 bits per heavy atom. The van der Waals surface area contributed by atoms with E-state index in [1.807, 2.05) is 12.1 Å². The summed E-state index contributed by atoms with van der Waals surface area (Å²) in [5.41, 5.74) is 1.63. The second-order valence-corrected chi connectivity index (χ2v) is 4.00. The van der Waals surface area contributed by atoms with Gasteiger partial charge in [-0.15, -0.1) is 0 Å². The minimum Gasteiger partial charge on any atom is -0.475 e. The Labute approximate surface area is 102 Å². The smallest absolute Gasteiger partial charge is 0.371 e. The zero-order valence-corrected chi connectivity index (χ0v) is 9.38. The van der Waals surface area contributed by atoms with Crippen molar-refractivity contribution in [2.24, 2.45) is 0 Å². The molecule has 3 rings (SSSR count). The second kappa shape index (κ2) is 4.03. The van der Waals surface area contributed by atoms with Gasteiger partial charge < -0.3 is 14.5 Å². The van der Waals surface area contributed by atoms with Crippen molar-refractivity contribution < 1.29 is 14.3 Å². The van der Waals surface area contributed by atoms with E-state index in [2.05, 4.69) is 9.97 Å². The van der Waals surface area contributed by atoms with E-state index in [0.717, 1.165) is 16.8 Å². The first kappa shape index (κ1) is 10.6. The van der Waals surface area contributed by atoms with Gasteiger partial charge in [0, 0.05) is 24.2 Å². The van der Waals surface area contributed by atoms with E-state index in [1.165, 1.54) is 6.07 Å². The Morgan fingerprint density at radius 1 is 1.39 bits per heavy atom. The van der Waals surface area contributed by atoms with Crippen molar-refractivity contribution in [2.45, 2.75) is 6.42 Å². The standard InChI is InChI=1S/C13H10N2O3/c16-13(17)11-7-9-5-8(1-2-10(9)18-11)6-12-14-3-4-15-12/h1-5,7H,6H2,(H,14,15)(H,16,17). The van der Waals surface area contributed by atoms with Crippen molar-refractivity contribution in [2.75, 3.05) is 0 Å². The third kappa shape index (κ3) is 1.86. The normalized spacial score (nSPS) is 10.9. The number of furan rings is 1. The zero-order valence-electron chi connectivity index (χ0n) is 9.38. The second-order valence-electron chi connectivity index (χ2n) is 4.00. The molecule has 0 unspecified atom stereocenters. The first-order valence-corrected chi connectivity index (χ1v) is 5.46. The largest absolute Gasteiger partial charge is 0.475 e. The maximum absolute atomic E-state index is 10.8. The summed E-state index contributed by atoms with van der Waals surface area (Å²) in [4.78, 5) is 18.0. The van der Waals surface area contributed by atoms with E-state index in [0.29, 0.717) is 12.0 Å². The van der Waals surface area contributed by atoms with Crippen LogP contribution in [0.25, 0.3) is 11.0 Å². The van der Waals surface area contributed by atoms with Crippen LogP contribution in [0.5, 0.6) is 0 Å². The van der Waals surface area contributed by atoms with Gasteiger partial charge in [-0.1, -0.05) is 6.07 Å². The van der Waals surface area contributed by atoms with Crippen molar-refractivity contribution in [1.82, 2.24) is 9.97 Å². The molecule has 0 amide bonds. The maximum atomic E-state index is 10.8. The molecule has 0 saturated heterocycles. The van der Waals surface area contributed by atoms with E-state index >= 15 is 0 Å². The molecule has 1 aromatic carbocycles. The Balaban J connectivity index is 1.97. The highest BCUT2D eigenvalue weighted by Crippen LogP contribution is 2.21. The van der Waals surface area contributed by atoms with Crippen LogP contribution < -0.4 is 0 Å². The van der Waals surface area contributed by atoms with E-state index in [9.17, 15) is 4.79 Å². The first-order chi connectivity index (χ1) is 8.72. The monoisotopic (exact) mass is 242 g/mol. The fourth-order valence-corrected chi connectivity index (χ4v) is 1.90. The molecule has 0 spiro atoms. The first-order valence-electron chi connectivity index (χ1n) is 5.46. The maximum Gasteiger partial charge on any atom is 0.371 e. The Morgan fingerprint density at radius 3 is 3.00 bits per heavy atom. The van der Waals surface area contributed by atoms with Gasteiger partial charge >= 0.3 is 5.97 Å². The number of benzene rings is 1. The minimum atomic E-state index is -1.06. The lowest BCUT2D eigenvalue weighted by molar-refractivity contribution is 0.0665. The van der Waals surface area contributed by atoms with Crippen LogP contribution in [0.4, 0.5) is 0 Å². The summed E-state index contributed by atoms with van der Waals surface area (Å²) in [6.07, 6.45) is 4.15. The number of aromatic nitrogens is 2. The lowest BCUT2D eigenvalue weighted by Crippen LogP contribution is -1.91. The summed E-state index contributed by atoms with van der Waals surface area (Å²) in [5.74, 6) is -0.227. The molecular weight excluding hydrogens is 232 g/mol. The summed E-state index contributed by atoms with van der Waals surface area (Å²) < 4.78 is 5.20. The molecule has 0 aliphatic heterocycles. The molecule has 0 radical (unpaired) electrons. The highest BCUT2D eigenvalue weighted by atomic mass is 16.4. The number of carboxylic acids is 1. The van der Waals surface area contributed by atoms with Gasteiger partial charge in [0.15, 0.2) is 0 Å². The number of carboxylic acid groups (broad SMARTS) is 1. The SMILES string of the molecule is O=C(O)c1cc2cc(Cc3ncc[nH]3)ccc2o1. The third-order valence-corrected chi connectivity index (χ3v) is 2.72. The quantitative estimate of drug-likeness (QED) is 0.739. The van der Waals surface area contributed by atoms with Crippen molar-refractivity contribution in [3.8, 4) is 0 Å². The number of imidazole rings is 1. The molecule has 2 N–H and O–H groups in total. The number of aromatic amines is 1. The molecule has 0 aliphatic rings. The van der Waals surface area contributed by atoms with Crippen LogP contribution in [0.1, 0.15) is 21.9 Å². The van der Waals surface area contributed by atoms with Gasteiger partial charge in [0.05, 0.1) is 0 Å². The molecule has 0 atom stereocenters. The molecule has 90 valence electrons. The highest BCUT2D eigenvalue weighted by molar-refractivity contribution is 5.91. The van der Waals surface area contributed by atoms with Crippen molar-refractivity contribution >= 4 is 16.9 Å². The summed E-state index contributed by atoms with van der Waals surface area (Å²) in [6, 6.07) is 7.12. The van der Waals surface area contributed by atoms with Crippen LogP contribution in [0, 0.1) is 0 Å². The van der Waals surface area contributed by atoms with E-state index in [4.69, 9.17) is 9.52 Å². The van der Waals surface area contributed by atoms with Crippen molar-refractivity contribution in [1.29, 1.82) is 0 Å². The van der Waals surface area contributed by atoms with Crippen LogP contribution in [-0.2, 0) is 6.42 Å². The zero-order chi connectivity index (χ0) is 12.5. The van der Waals surface area contributed by atoms with Crippen LogP contribution >= 0.6 is 0 Å². The van der Waals surface area contributed by atoms with Crippen LogP contribution in [0.3, 0.4) is 0 Å². The number of nitrogens with zero attached hydrogens (tertiary/aromatic N) is 1. The molecule has 0 bridgehead atoms. The Kier molecular flexibility index (Phi) is 2.37. The minimum absolute atomic E-state index is 0.0415. The molecule has 3 aromatic rings. The Bertz CT molecular complexity index is 698. The number of rotatable bonds is 3. The van der Waals surface area contributed by atoms with Gasteiger partial charge in [-0.3, -0.25) is 0 Å². The van der Waals surface area contributed by atoms with Crippen LogP contribution in [0.2, 0.25) is 0 Å². The van der Waals surface area contributed by atoms with Gasteiger partial charge in [0.2, 0.25) is 5.76 Å². The lowest BCUT2D eigenvalue weighted by atomic mass is 10.1. The molecule has 2 aromatic heterocycles. The number of fused-ring (bicyclic) bond motifs is 1. The average Bonchev–Trinajstić information content (AvgIpc) is 2.96. The average molecular weight is 242 g/mol. The topological polar surface area (TPSA) is 79.1 Å². The van der Waals surface area contributed by atoms with Gasteiger partial charge in [-0.05, 0) is 23.8 Å². The molecule has 0 fully saturated rings. The third-order valence-electron chi connectivity index (χ3n) is 2.72. The number of hydrogen-bond acceptors (Lipinski definition) is 3. The summed E-state index contributed by atoms with van der Waals surface area (Å²) in [5, 5.41) is 9.64. The Hall–Kier alpha value is -2.56. The summed E-state index contributed by atoms with van der Waals surface area (Å²) in [7, 11) is 0. The van der Waals surface area contributed by atoms with E-state index in [-0.39, 0.29) is 5.76 Å². The lowest BCUT2D eigenvalue weighted by Gasteiger charge is -1.97. The molecule has 5 nitrogen and oxygen atoms in total. The molecular formula is C13H10N2O3. The van der Waals surface area contributed by atoms with Crippen LogP contribution in [-0.4, -0.2) is 21.0 Å². The van der Waals surface area contributed by atoms with Gasteiger partial charge in [-0.2, -0.15) is 0 Å².